The Bertz CT molecular complexity index is 883. The smallest absolute Gasteiger partial charge is 0.257 e. The third-order valence-electron chi connectivity index (χ3n) is 4.22. The van der Waals surface area contributed by atoms with Crippen molar-refractivity contribution >= 4 is 28.2 Å². The summed E-state index contributed by atoms with van der Waals surface area (Å²) in [7, 11) is 0. The maximum absolute atomic E-state index is 12.8. The first-order valence-corrected chi connectivity index (χ1v) is 9.08. The first-order valence-electron chi connectivity index (χ1n) is 9.08. The lowest BCUT2D eigenvalue weighted by atomic mass is 10.1. The molecule has 5 nitrogen and oxygen atoms in total. The van der Waals surface area contributed by atoms with Gasteiger partial charge in [-0.1, -0.05) is 32.0 Å². The highest BCUT2D eigenvalue weighted by Crippen LogP contribution is 2.22. The zero-order valence-corrected chi connectivity index (χ0v) is 15.3. The fraction of sp³-hybridized carbons (Fsp3) is 0.286. The molecule has 2 heterocycles. The quantitative estimate of drug-likeness (QED) is 0.682. The molecule has 0 fully saturated rings. The van der Waals surface area contributed by atoms with E-state index in [-0.39, 0.29) is 5.91 Å². The Balaban J connectivity index is 1.84. The van der Waals surface area contributed by atoms with Crippen molar-refractivity contribution in [3.63, 3.8) is 0 Å². The van der Waals surface area contributed by atoms with Gasteiger partial charge >= 0.3 is 0 Å². The van der Waals surface area contributed by atoms with E-state index in [0.717, 1.165) is 42.5 Å². The number of carbonyl (C=O) groups is 1. The highest BCUT2D eigenvalue weighted by atomic mass is 16.1. The summed E-state index contributed by atoms with van der Waals surface area (Å²) in [5.74, 6) is -0.176. The Labute approximate surface area is 154 Å². The third kappa shape index (κ3) is 3.99. The number of anilines is 2. The monoisotopic (exact) mass is 348 g/mol. The van der Waals surface area contributed by atoms with Crippen molar-refractivity contribution in [3.05, 3.63) is 60.6 Å². The minimum atomic E-state index is -0.176. The highest BCUT2D eigenvalue weighted by Gasteiger charge is 2.12. The lowest BCUT2D eigenvalue weighted by Gasteiger charge is -2.23. The van der Waals surface area contributed by atoms with Crippen molar-refractivity contribution in [3.8, 4) is 0 Å². The summed E-state index contributed by atoms with van der Waals surface area (Å²) in [4.78, 5) is 23.7. The molecule has 0 aliphatic heterocycles. The van der Waals surface area contributed by atoms with Crippen LogP contribution in [0.5, 0.6) is 0 Å². The molecule has 3 aromatic rings. The second-order valence-corrected chi connectivity index (χ2v) is 6.25. The van der Waals surface area contributed by atoms with Gasteiger partial charge in [0.15, 0.2) is 0 Å². The second-order valence-electron chi connectivity index (χ2n) is 6.25. The molecule has 2 aromatic heterocycles. The molecule has 0 saturated heterocycles. The van der Waals surface area contributed by atoms with Gasteiger partial charge in [-0.15, -0.1) is 0 Å². The van der Waals surface area contributed by atoms with E-state index in [2.05, 4.69) is 34.0 Å². The van der Waals surface area contributed by atoms with E-state index < -0.39 is 0 Å². The summed E-state index contributed by atoms with van der Waals surface area (Å²) in [6.07, 6.45) is 7.26. The molecule has 0 bridgehead atoms. The largest absolute Gasteiger partial charge is 0.370 e. The maximum atomic E-state index is 12.8. The molecule has 0 aliphatic rings. The summed E-state index contributed by atoms with van der Waals surface area (Å²) in [6, 6.07) is 11.5. The molecular formula is C21H24N4O. The van der Waals surface area contributed by atoms with Gasteiger partial charge in [0.2, 0.25) is 0 Å². The molecule has 1 aromatic carbocycles. The van der Waals surface area contributed by atoms with E-state index in [0.29, 0.717) is 11.3 Å². The zero-order valence-electron chi connectivity index (χ0n) is 15.3. The topological polar surface area (TPSA) is 58.1 Å². The number of aromatic nitrogens is 2. The number of hydrogen-bond acceptors (Lipinski definition) is 4. The number of fused-ring (bicyclic) bond motifs is 1. The van der Waals surface area contributed by atoms with Crippen LogP contribution in [-0.4, -0.2) is 29.0 Å². The molecule has 0 unspecified atom stereocenters. The first-order chi connectivity index (χ1) is 12.7. The van der Waals surface area contributed by atoms with Gasteiger partial charge in [-0.3, -0.25) is 14.8 Å². The van der Waals surface area contributed by atoms with Crippen LogP contribution in [0.4, 0.5) is 11.4 Å². The van der Waals surface area contributed by atoms with Crippen molar-refractivity contribution in [1.29, 1.82) is 0 Å². The Morgan fingerprint density at radius 3 is 2.62 bits per heavy atom. The van der Waals surface area contributed by atoms with Crippen molar-refractivity contribution < 1.29 is 4.79 Å². The van der Waals surface area contributed by atoms with Crippen LogP contribution in [-0.2, 0) is 0 Å². The van der Waals surface area contributed by atoms with Crippen molar-refractivity contribution in [2.45, 2.75) is 26.7 Å². The molecule has 26 heavy (non-hydrogen) atoms. The number of nitrogens with one attached hydrogen (secondary N) is 1. The standard InChI is InChI=1S/C21H24N4O/c1-3-11-25(12-4-2)18-13-17(14-22-15-18)21(26)24-19-9-5-7-16-8-6-10-23-20(16)19/h5-10,13-15H,3-4,11-12H2,1-2H3,(H,24,26). The van der Waals surface area contributed by atoms with Crippen LogP contribution >= 0.6 is 0 Å². The molecule has 5 heteroatoms. The number of pyridine rings is 2. The Kier molecular flexibility index (Phi) is 5.79. The average molecular weight is 348 g/mol. The minimum absolute atomic E-state index is 0.176. The van der Waals surface area contributed by atoms with Crippen LogP contribution in [0.25, 0.3) is 10.9 Å². The van der Waals surface area contributed by atoms with E-state index in [9.17, 15) is 4.79 Å². The van der Waals surface area contributed by atoms with E-state index >= 15 is 0 Å². The normalized spacial score (nSPS) is 10.7. The maximum Gasteiger partial charge on any atom is 0.257 e. The summed E-state index contributed by atoms with van der Waals surface area (Å²) in [5, 5.41) is 3.97. The lowest BCUT2D eigenvalue weighted by Crippen LogP contribution is -2.25. The Hall–Kier alpha value is -2.95. The predicted molar refractivity (Wildman–Crippen MR) is 107 cm³/mol. The number of nitrogens with zero attached hydrogens (tertiary/aromatic N) is 3. The molecule has 3 rings (SSSR count). The van der Waals surface area contributed by atoms with E-state index in [1.807, 2.05) is 42.6 Å². The van der Waals surface area contributed by atoms with E-state index in [1.165, 1.54) is 0 Å². The fourth-order valence-corrected chi connectivity index (χ4v) is 3.03. The number of carbonyl (C=O) groups excluding carboxylic acids is 1. The number of para-hydroxylation sites is 1. The first kappa shape index (κ1) is 17.9. The van der Waals surface area contributed by atoms with Crippen molar-refractivity contribution in [1.82, 2.24) is 9.97 Å². The third-order valence-corrected chi connectivity index (χ3v) is 4.22. The van der Waals surface area contributed by atoms with Gasteiger partial charge in [-0.25, -0.2) is 0 Å². The van der Waals surface area contributed by atoms with Crippen molar-refractivity contribution in [2.24, 2.45) is 0 Å². The van der Waals surface area contributed by atoms with Gasteiger partial charge in [0.1, 0.15) is 0 Å². The molecule has 1 N–H and O–H groups in total. The summed E-state index contributed by atoms with van der Waals surface area (Å²) in [5.41, 5.74) is 3.02. The zero-order chi connectivity index (χ0) is 18.4. The molecule has 1 amide bonds. The minimum Gasteiger partial charge on any atom is -0.370 e. The highest BCUT2D eigenvalue weighted by molar-refractivity contribution is 6.08. The Morgan fingerprint density at radius 1 is 1.08 bits per heavy atom. The van der Waals surface area contributed by atoms with Crippen LogP contribution in [0.15, 0.2) is 55.0 Å². The van der Waals surface area contributed by atoms with E-state index in [4.69, 9.17) is 0 Å². The summed E-state index contributed by atoms with van der Waals surface area (Å²) >= 11 is 0. The van der Waals surface area contributed by atoms with Crippen LogP contribution in [0, 0.1) is 0 Å². The average Bonchev–Trinajstić information content (AvgIpc) is 2.68. The second kappa shape index (κ2) is 8.43. The SMILES string of the molecule is CCCN(CCC)c1cncc(C(=O)Nc2cccc3cccnc23)c1. The predicted octanol–water partition coefficient (Wildman–Crippen LogP) is 4.51. The molecule has 0 saturated carbocycles. The Morgan fingerprint density at radius 2 is 1.85 bits per heavy atom. The van der Waals surface area contributed by atoms with Gasteiger partial charge < -0.3 is 10.2 Å². The lowest BCUT2D eigenvalue weighted by molar-refractivity contribution is 0.102. The summed E-state index contributed by atoms with van der Waals surface area (Å²) < 4.78 is 0. The van der Waals surface area contributed by atoms with Gasteiger partial charge in [0.25, 0.3) is 5.91 Å². The van der Waals surface area contributed by atoms with Crippen LogP contribution in [0.1, 0.15) is 37.0 Å². The molecule has 0 aliphatic carbocycles. The molecule has 0 spiro atoms. The molecular weight excluding hydrogens is 324 g/mol. The number of rotatable bonds is 7. The van der Waals surface area contributed by atoms with Gasteiger partial charge in [0, 0.05) is 30.9 Å². The molecule has 0 atom stereocenters. The fourth-order valence-electron chi connectivity index (χ4n) is 3.03. The van der Waals surface area contributed by atoms with Gasteiger partial charge in [-0.05, 0) is 31.0 Å². The van der Waals surface area contributed by atoms with Gasteiger partial charge in [-0.2, -0.15) is 0 Å². The van der Waals surface area contributed by atoms with Gasteiger partial charge in [0.05, 0.1) is 28.7 Å². The van der Waals surface area contributed by atoms with E-state index in [1.54, 1.807) is 12.4 Å². The van der Waals surface area contributed by atoms with Crippen LogP contribution in [0.3, 0.4) is 0 Å². The number of benzene rings is 1. The van der Waals surface area contributed by atoms with Crippen molar-refractivity contribution in [2.75, 3.05) is 23.3 Å². The van der Waals surface area contributed by atoms with Crippen LogP contribution in [0.2, 0.25) is 0 Å². The molecule has 134 valence electrons. The molecule has 0 radical (unpaired) electrons. The number of amides is 1. The van der Waals surface area contributed by atoms with Crippen LogP contribution < -0.4 is 10.2 Å². The number of hydrogen-bond donors (Lipinski definition) is 1. The summed E-state index contributed by atoms with van der Waals surface area (Å²) in [6.45, 7) is 6.21.